The lowest BCUT2D eigenvalue weighted by Crippen LogP contribution is -2.35. The Bertz CT molecular complexity index is 1160. The summed E-state index contributed by atoms with van der Waals surface area (Å²) in [5.41, 5.74) is 2.54. The average molecular weight is 380 g/mol. The van der Waals surface area contributed by atoms with Crippen molar-refractivity contribution in [1.29, 1.82) is 0 Å². The van der Waals surface area contributed by atoms with Gasteiger partial charge in [0.05, 0.1) is 10.2 Å². The van der Waals surface area contributed by atoms with E-state index in [-0.39, 0.29) is 18.0 Å². The summed E-state index contributed by atoms with van der Waals surface area (Å²) in [6.45, 7) is 2.35. The van der Waals surface area contributed by atoms with Crippen molar-refractivity contribution < 1.29 is 4.79 Å². The number of aryl methyl sites for hydroxylation is 2. The van der Waals surface area contributed by atoms with Crippen LogP contribution in [0.2, 0.25) is 0 Å². The normalized spacial score (nSPS) is 11.3. The SMILES string of the molecule is Cc1nn(CC(=O)NCCCc2ccccc2)c(=O)c2cc3sccc3n12. The zero-order valence-electron chi connectivity index (χ0n) is 15.0. The number of carbonyl (C=O) groups is 1. The molecule has 0 bridgehead atoms. The fraction of sp³-hybridized carbons (Fsp3) is 0.250. The van der Waals surface area contributed by atoms with Gasteiger partial charge in [0.1, 0.15) is 17.9 Å². The lowest BCUT2D eigenvalue weighted by atomic mass is 10.1. The summed E-state index contributed by atoms with van der Waals surface area (Å²) in [5.74, 6) is 0.490. The number of nitrogens with one attached hydrogen (secondary N) is 1. The summed E-state index contributed by atoms with van der Waals surface area (Å²) < 4.78 is 4.14. The maximum Gasteiger partial charge on any atom is 0.291 e. The number of hydrogen-bond acceptors (Lipinski definition) is 4. The van der Waals surface area contributed by atoms with Gasteiger partial charge < -0.3 is 5.32 Å². The molecule has 0 radical (unpaired) electrons. The molecule has 138 valence electrons. The third-order valence-corrected chi connectivity index (χ3v) is 5.42. The predicted octanol–water partition coefficient (Wildman–Crippen LogP) is 2.77. The third-order valence-electron chi connectivity index (χ3n) is 4.57. The Balaban J connectivity index is 1.43. The second-order valence-electron chi connectivity index (χ2n) is 6.48. The Morgan fingerprint density at radius 1 is 1.19 bits per heavy atom. The van der Waals surface area contributed by atoms with Crippen molar-refractivity contribution in [1.82, 2.24) is 19.5 Å². The molecule has 4 aromatic rings. The van der Waals surface area contributed by atoms with Crippen molar-refractivity contribution in [2.75, 3.05) is 6.54 Å². The molecule has 3 aromatic heterocycles. The topological polar surface area (TPSA) is 68.4 Å². The number of nitrogens with zero attached hydrogens (tertiary/aromatic N) is 3. The zero-order chi connectivity index (χ0) is 18.8. The van der Waals surface area contributed by atoms with E-state index < -0.39 is 0 Å². The molecule has 0 spiro atoms. The maximum atomic E-state index is 12.7. The number of thiophene rings is 1. The summed E-state index contributed by atoms with van der Waals surface area (Å²) in [6, 6.07) is 14.0. The van der Waals surface area contributed by atoms with Crippen molar-refractivity contribution in [3.05, 3.63) is 69.6 Å². The van der Waals surface area contributed by atoms with Crippen molar-refractivity contribution in [2.45, 2.75) is 26.3 Å². The zero-order valence-corrected chi connectivity index (χ0v) is 15.8. The third kappa shape index (κ3) is 3.50. The summed E-state index contributed by atoms with van der Waals surface area (Å²) in [6.07, 6.45) is 1.76. The first-order valence-electron chi connectivity index (χ1n) is 8.90. The van der Waals surface area contributed by atoms with E-state index in [1.165, 1.54) is 10.2 Å². The van der Waals surface area contributed by atoms with Crippen LogP contribution in [0.1, 0.15) is 17.8 Å². The van der Waals surface area contributed by atoms with Gasteiger partial charge in [0.25, 0.3) is 5.56 Å². The van der Waals surface area contributed by atoms with Crippen LogP contribution in [0.3, 0.4) is 0 Å². The fourth-order valence-electron chi connectivity index (χ4n) is 3.29. The molecule has 27 heavy (non-hydrogen) atoms. The number of aromatic nitrogens is 3. The molecule has 6 nitrogen and oxygen atoms in total. The van der Waals surface area contributed by atoms with E-state index in [2.05, 4.69) is 22.5 Å². The summed E-state index contributed by atoms with van der Waals surface area (Å²) in [7, 11) is 0. The monoisotopic (exact) mass is 380 g/mol. The van der Waals surface area contributed by atoms with Crippen LogP contribution >= 0.6 is 11.3 Å². The van der Waals surface area contributed by atoms with Crippen molar-refractivity contribution in [2.24, 2.45) is 0 Å². The highest BCUT2D eigenvalue weighted by Crippen LogP contribution is 2.24. The highest BCUT2D eigenvalue weighted by molar-refractivity contribution is 7.17. The molecule has 0 atom stereocenters. The number of amides is 1. The van der Waals surface area contributed by atoms with Gasteiger partial charge in [-0.1, -0.05) is 30.3 Å². The van der Waals surface area contributed by atoms with Crippen molar-refractivity contribution >= 4 is 33.0 Å². The van der Waals surface area contributed by atoms with Crippen LogP contribution in [-0.2, 0) is 17.8 Å². The number of rotatable bonds is 6. The van der Waals surface area contributed by atoms with Crippen LogP contribution in [0.25, 0.3) is 15.7 Å². The summed E-state index contributed by atoms with van der Waals surface area (Å²) in [4.78, 5) is 24.9. The minimum absolute atomic E-state index is 0.0691. The van der Waals surface area contributed by atoms with E-state index in [0.29, 0.717) is 17.9 Å². The Morgan fingerprint density at radius 2 is 2.00 bits per heavy atom. The molecule has 0 saturated heterocycles. The molecule has 0 unspecified atom stereocenters. The maximum absolute atomic E-state index is 12.7. The molecule has 4 rings (SSSR count). The highest BCUT2D eigenvalue weighted by atomic mass is 32.1. The first-order chi connectivity index (χ1) is 13.1. The molecule has 0 aliphatic heterocycles. The molecule has 3 heterocycles. The first-order valence-corrected chi connectivity index (χ1v) is 9.78. The summed E-state index contributed by atoms with van der Waals surface area (Å²) in [5, 5.41) is 9.19. The smallest absolute Gasteiger partial charge is 0.291 e. The van der Waals surface area contributed by atoms with Gasteiger partial charge >= 0.3 is 0 Å². The second kappa shape index (κ2) is 7.36. The lowest BCUT2D eigenvalue weighted by molar-refractivity contribution is -0.121. The van der Waals surface area contributed by atoms with E-state index in [1.807, 2.05) is 47.0 Å². The molecule has 0 aliphatic carbocycles. The number of hydrogen-bond donors (Lipinski definition) is 1. The van der Waals surface area contributed by atoms with E-state index in [0.717, 1.165) is 23.1 Å². The Labute approximate surface area is 160 Å². The number of fused-ring (bicyclic) bond motifs is 3. The van der Waals surface area contributed by atoms with Crippen LogP contribution < -0.4 is 10.9 Å². The van der Waals surface area contributed by atoms with E-state index in [9.17, 15) is 9.59 Å². The Kier molecular flexibility index (Phi) is 4.77. The lowest BCUT2D eigenvalue weighted by Gasteiger charge is -2.09. The van der Waals surface area contributed by atoms with Crippen LogP contribution in [0, 0.1) is 6.92 Å². The highest BCUT2D eigenvalue weighted by Gasteiger charge is 2.14. The molecular formula is C20H20N4O2S. The molecule has 1 N–H and O–H groups in total. The summed E-state index contributed by atoms with van der Waals surface area (Å²) >= 11 is 1.59. The number of benzene rings is 1. The van der Waals surface area contributed by atoms with Crippen molar-refractivity contribution in [3.63, 3.8) is 0 Å². The minimum atomic E-state index is -0.247. The standard InChI is InChI=1S/C20H20N4O2S/c1-14-22-23(20(26)17-12-18-16(24(14)17)9-11-27-18)13-19(25)21-10-5-8-15-6-3-2-4-7-15/h2-4,6-7,9,11-12H,5,8,10,13H2,1H3,(H,21,25). The van der Waals surface area contributed by atoms with Gasteiger partial charge in [-0.05, 0) is 42.8 Å². The first kappa shape index (κ1) is 17.5. The average Bonchev–Trinajstić information content (AvgIpc) is 3.25. The van der Waals surface area contributed by atoms with E-state index in [4.69, 9.17) is 0 Å². The molecule has 1 amide bonds. The van der Waals surface area contributed by atoms with Gasteiger partial charge in [-0.2, -0.15) is 5.10 Å². The molecule has 0 aliphatic rings. The van der Waals surface area contributed by atoms with Gasteiger partial charge in [0.2, 0.25) is 5.91 Å². The van der Waals surface area contributed by atoms with Crippen LogP contribution in [0.5, 0.6) is 0 Å². The largest absolute Gasteiger partial charge is 0.354 e. The molecule has 0 saturated carbocycles. The van der Waals surface area contributed by atoms with Crippen LogP contribution in [0.4, 0.5) is 0 Å². The van der Waals surface area contributed by atoms with Gasteiger partial charge in [0, 0.05) is 6.54 Å². The molecule has 1 aromatic carbocycles. The Morgan fingerprint density at radius 3 is 2.81 bits per heavy atom. The quantitative estimate of drug-likeness (QED) is 0.523. The van der Waals surface area contributed by atoms with Crippen molar-refractivity contribution in [3.8, 4) is 0 Å². The Hall–Kier alpha value is -2.93. The van der Waals surface area contributed by atoms with Gasteiger partial charge in [-0.3, -0.25) is 14.0 Å². The molecule has 0 fully saturated rings. The van der Waals surface area contributed by atoms with E-state index >= 15 is 0 Å². The minimum Gasteiger partial charge on any atom is -0.354 e. The van der Waals surface area contributed by atoms with Crippen LogP contribution in [0.15, 0.2) is 52.6 Å². The van der Waals surface area contributed by atoms with Gasteiger partial charge in [0.15, 0.2) is 0 Å². The van der Waals surface area contributed by atoms with E-state index in [1.54, 1.807) is 11.3 Å². The second-order valence-corrected chi connectivity index (χ2v) is 7.43. The van der Waals surface area contributed by atoms with Gasteiger partial charge in [-0.25, -0.2) is 4.68 Å². The van der Waals surface area contributed by atoms with Crippen LogP contribution in [-0.4, -0.2) is 26.6 Å². The predicted molar refractivity (Wildman–Crippen MR) is 107 cm³/mol. The fourth-order valence-corrected chi connectivity index (χ4v) is 4.10. The van der Waals surface area contributed by atoms with Gasteiger partial charge in [-0.15, -0.1) is 11.3 Å². The molecular weight excluding hydrogens is 360 g/mol. The number of carbonyl (C=O) groups excluding carboxylic acids is 1. The molecule has 7 heteroatoms.